The molecule has 0 saturated carbocycles. The van der Waals surface area contributed by atoms with Crippen molar-refractivity contribution in [1.29, 1.82) is 0 Å². The fraction of sp³-hybridized carbons (Fsp3) is 0.227. The van der Waals surface area contributed by atoms with Crippen molar-refractivity contribution in [2.24, 2.45) is 0 Å². The van der Waals surface area contributed by atoms with Crippen molar-refractivity contribution in [3.63, 3.8) is 0 Å². The Kier molecular flexibility index (Phi) is 3.61. The number of benzene rings is 2. The molecule has 0 bridgehead atoms. The minimum Gasteiger partial charge on any atom is -0.337 e. The monoisotopic (exact) mass is 314 g/mol. The maximum Gasteiger partial charge on any atom is 0.0703 e. The lowest BCUT2D eigenvalue weighted by atomic mass is 9.96. The van der Waals surface area contributed by atoms with Crippen molar-refractivity contribution in [3.05, 3.63) is 77.5 Å². The van der Waals surface area contributed by atoms with Gasteiger partial charge in [-0.3, -0.25) is 4.98 Å². The Hall–Kier alpha value is -2.61. The molecule has 2 heterocycles. The van der Waals surface area contributed by atoms with E-state index in [2.05, 4.69) is 66.7 Å². The van der Waals surface area contributed by atoms with Gasteiger partial charge in [0.1, 0.15) is 0 Å². The standard InChI is InChI=1S/C22H22N2/c1-4-16-11-19-14-24(15(3)21(19)13-17(16)5-2)20-8-9-22-18(12-20)7-6-10-23-22/h6-13H,3-5,14H2,1-2H3. The second-order valence-electron chi connectivity index (χ2n) is 6.40. The number of fused-ring (bicyclic) bond motifs is 2. The van der Waals surface area contributed by atoms with Gasteiger partial charge in [-0.1, -0.05) is 32.6 Å². The maximum absolute atomic E-state index is 4.41. The van der Waals surface area contributed by atoms with Crippen LogP contribution < -0.4 is 4.90 Å². The quantitative estimate of drug-likeness (QED) is 0.648. The van der Waals surface area contributed by atoms with E-state index in [0.29, 0.717) is 0 Å². The van der Waals surface area contributed by atoms with Gasteiger partial charge in [-0.15, -0.1) is 0 Å². The molecule has 24 heavy (non-hydrogen) atoms. The molecule has 3 aromatic rings. The largest absolute Gasteiger partial charge is 0.337 e. The Balaban J connectivity index is 1.76. The van der Waals surface area contributed by atoms with Crippen LogP contribution >= 0.6 is 0 Å². The van der Waals surface area contributed by atoms with E-state index in [4.69, 9.17) is 0 Å². The molecule has 2 nitrogen and oxygen atoms in total. The lowest BCUT2D eigenvalue weighted by molar-refractivity contribution is 1.01. The zero-order valence-corrected chi connectivity index (χ0v) is 14.3. The van der Waals surface area contributed by atoms with E-state index >= 15 is 0 Å². The first-order valence-corrected chi connectivity index (χ1v) is 8.67. The molecule has 1 aliphatic rings. The van der Waals surface area contributed by atoms with Gasteiger partial charge in [-0.05, 0) is 59.9 Å². The SMILES string of the molecule is C=C1c2cc(CC)c(CC)cc2CN1c1ccc2ncccc2c1. The van der Waals surface area contributed by atoms with Crippen LogP contribution in [0.2, 0.25) is 0 Å². The number of rotatable bonds is 3. The topological polar surface area (TPSA) is 16.1 Å². The van der Waals surface area contributed by atoms with Gasteiger partial charge in [0.2, 0.25) is 0 Å². The van der Waals surface area contributed by atoms with Gasteiger partial charge >= 0.3 is 0 Å². The highest BCUT2D eigenvalue weighted by atomic mass is 15.2. The summed E-state index contributed by atoms with van der Waals surface area (Å²) in [5.74, 6) is 0. The average Bonchev–Trinajstić information content (AvgIpc) is 2.96. The molecule has 4 rings (SSSR count). The van der Waals surface area contributed by atoms with E-state index in [-0.39, 0.29) is 0 Å². The number of hydrogen-bond acceptors (Lipinski definition) is 2. The van der Waals surface area contributed by atoms with Crippen LogP contribution in [0.25, 0.3) is 16.6 Å². The Morgan fingerprint density at radius 2 is 1.83 bits per heavy atom. The average molecular weight is 314 g/mol. The van der Waals surface area contributed by atoms with Crippen molar-refractivity contribution in [2.75, 3.05) is 4.90 Å². The summed E-state index contributed by atoms with van der Waals surface area (Å²) in [4.78, 5) is 6.73. The van der Waals surface area contributed by atoms with E-state index in [9.17, 15) is 0 Å². The van der Waals surface area contributed by atoms with E-state index in [1.54, 1.807) is 0 Å². The molecule has 0 spiro atoms. The van der Waals surface area contributed by atoms with Crippen LogP contribution in [0.15, 0.2) is 55.2 Å². The van der Waals surface area contributed by atoms with Gasteiger partial charge in [-0.25, -0.2) is 0 Å². The Morgan fingerprint density at radius 1 is 1.04 bits per heavy atom. The molecule has 0 atom stereocenters. The zero-order chi connectivity index (χ0) is 16.7. The smallest absolute Gasteiger partial charge is 0.0703 e. The Bertz CT molecular complexity index is 940. The summed E-state index contributed by atoms with van der Waals surface area (Å²) < 4.78 is 0. The minimum atomic E-state index is 0.900. The van der Waals surface area contributed by atoms with Crippen LogP contribution in [0, 0.1) is 0 Å². The predicted octanol–water partition coefficient (Wildman–Crippen LogP) is 5.35. The molecule has 0 aliphatic carbocycles. The van der Waals surface area contributed by atoms with Gasteiger partial charge < -0.3 is 4.90 Å². The predicted molar refractivity (Wildman–Crippen MR) is 102 cm³/mol. The van der Waals surface area contributed by atoms with E-state index in [1.165, 1.54) is 33.3 Å². The molecule has 1 aliphatic heterocycles. The highest BCUT2D eigenvalue weighted by Crippen LogP contribution is 2.38. The molecule has 0 radical (unpaired) electrons. The summed E-state index contributed by atoms with van der Waals surface area (Å²) in [6.45, 7) is 9.74. The molecule has 0 fully saturated rings. The van der Waals surface area contributed by atoms with E-state index < -0.39 is 0 Å². The molecular formula is C22H22N2. The number of aryl methyl sites for hydroxylation is 2. The first-order chi connectivity index (χ1) is 11.7. The summed E-state index contributed by atoms with van der Waals surface area (Å²) in [5.41, 5.74) is 8.93. The molecular weight excluding hydrogens is 292 g/mol. The van der Waals surface area contributed by atoms with E-state index in [0.717, 1.165) is 30.6 Å². The molecule has 120 valence electrons. The third-order valence-corrected chi connectivity index (χ3v) is 5.05. The minimum absolute atomic E-state index is 0.900. The van der Waals surface area contributed by atoms with Crippen LogP contribution in [0.5, 0.6) is 0 Å². The summed E-state index contributed by atoms with van der Waals surface area (Å²) in [5, 5.41) is 1.17. The van der Waals surface area contributed by atoms with Crippen LogP contribution in [0.1, 0.15) is 36.1 Å². The van der Waals surface area contributed by atoms with Crippen LogP contribution in [-0.4, -0.2) is 4.98 Å². The lowest BCUT2D eigenvalue weighted by Gasteiger charge is -2.20. The lowest BCUT2D eigenvalue weighted by Crippen LogP contribution is -2.12. The Morgan fingerprint density at radius 3 is 2.62 bits per heavy atom. The highest BCUT2D eigenvalue weighted by molar-refractivity contribution is 5.89. The summed E-state index contributed by atoms with van der Waals surface area (Å²) in [7, 11) is 0. The number of anilines is 1. The maximum atomic E-state index is 4.41. The number of aromatic nitrogens is 1. The molecule has 0 amide bonds. The van der Waals surface area contributed by atoms with Crippen molar-refractivity contribution < 1.29 is 0 Å². The summed E-state index contributed by atoms with van der Waals surface area (Å²) >= 11 is 0. The molecule has 2 aromatic carbocycles. The van der Waals surface area contributed by atoms with Crippen molar-refractivity contribution in [2.45, 2.75) is 33.2 Å². The fourth-order valence-corrected chi connectivity index (χ4v) is 3.69. The van der Waals surface area contributed by atoms with Gasteiger partial charge in [0.05, 0.1) is 5.52 Å². The van der Waals surface area contributed by atoms with Crippen molar-refractivity contribution >= 4 is 22.3 Å². The summed E-state index contributed by atoms with van der Waals surface area (Å²) in [6, 6.07) is 15.3. The zero-order valence-electron chi connectivity index (χ0n) is 14.3. The van der Waals surface area contributed by atoms with Crippen LogP contribution in [0.4, 0.5) is 5.69 Å². The highest BCUT2D eigenvalue weighted by Gasteiger charge is 2.24. The van der Waals surface area contributed by atoms with Gasteiger partial charge in [0, 0.05) is 35.1 Å². The normalized spacial score (nSPS) is 13.6. The number of pyridine rings is 1. The first kappa shape index (κ1) is 14.9. The Labute approximate surface area is 143 Å². The molecule has 0 unspecified atom stereocenters. The number of nitrogens with zero attached hydrogens (tertiary/aromatic N) is 2. The van der Waals surface area contributed by atoms with Gasteiger partial charge in [0.25, 0.3) is 0 Å². The molecule has 0 N–H and O–H groups in total. The van der Waals surface area contributed by atoms with Crippen molar-refractivity contribution in [3.8, 4) is 0 Å². The molecule has 1 aromatic heterocycles. The van der Waals surface area contributed by atoms with Gasteiger partial charge in [-0.2, -0.15) is 0 Å². The second kappa shape index (κ2) is 5.79. The second-order valence-corrected chi connectivity index (χ2v) is 6.40. The molecule has 2 heteroatoms. The fourth-order valence-electron chi connectivity index (χ4n) is 3.69. The van der Waals surface area contributed by atoms with Crippen LogP contribution in [0.3, 0.4) is 0 Å². The third-order valence-electron chi connectivity index (χ3n) is 5.05. The third kappa shape index (κ3) is 2.30. The number of hydrogen-bond donors (Lipinski definition) is 0. The molecule has 0 saturated heterocycles. The summed E-state index contributed by atoms with van der Waals surface area (Å²) in [6.07, 6.45) is 4.00. The first-order valence-electron chi connectivity index (χ1n) is 8.67. The van der Waals surface area contributed by atoms with Crippen LogP contribution in [-0.2, 0) is 19.4 Å². The van der Waals surface area contributed by atoms with Gasteiger partial charge in [0.15, 0.2) is 0 Å². The van der Waals surface area contributed by atoms with Crippen molar-refractivity contribution in [1.82, 2.24) is 4.98 Å². The van der Waals surface area contributed by atoms with E-state index in [1.807, 2.05) is 12.3 Å².